The van der Waals surface area contributed by atoms with Crippen LogP contribution in [0.15, 0.2) is 12.1 Å². The van der Waals surface area contributed by atoms with Crippen LogP contribution < -0.4 is 0 Å². The minimum Gasteiger partial charge on any atom is -0.379 e. The van der Waals surface area contributed by atoms with Crippen LogP contribution in [0, 0.1) is 0 Å². The third-order valence-corrected chi connectivity index (χ3v) is 4.60. The number of hydrogen-bond donors (Lipinski definition) is 0. The summed E-state index contributed by atoms with van der Waals surface area (Å²) in [5.74, 6) is 0.894. The van der Waals surface area contributed by atoms with Crippen LogP contribution in [-0.2, 0) is 32.2 Å². The normalized spacial score (nSPS) is 11.7. The zero-order valence-corrected chi connectivity index (χ0v) is 19.0. The lowest BCUT2D eigenvalue weighted by Crippen LogP contribution is -2.10. The zero-order valence-electron chi connectivity index (χ0n) is 19.0. The summed E-state index contributed by atoms with van der Waals surface area (Å²) < 4.78 is 22.8. The minimum atomic E-state index is 0.447. The highest BCUT2D eigenvalue weighted by molar-refractivity contribution is 5.41. The van der Waals surface area contributed by atoms with Crippen LogP contribution in [0.3, 0.4) is 0 Å². The predicted molar refractivity (Wildman–Crippen MR) is 116 cm³/mol. The minimum absolute atomic E-state index is 0.447. The Bertz CT molecular complexity index is 478. The molecule has 0 aromatic heterocycles. The van der Waals surface area contributed by atoms with Gasteiger partial charge in [-0.05, 0) is 46.9 Å². The zero-order chi connectivity index (χ0) is 20.8. The molecule has 0 N–H and O–H groups in total. The summed E-state index contributed by atoms with van der Waals surface area (Å²) >= 11 is 0. The van der Waals surface area contributed by atoms with Crippen LogP contribution in [-0.4, -0.2) is 39.6 Å². The van der Waals surface area contributed by atoms with Crippen LogP contribution in [0.2, 0.25) is 0 Å². The van der Waals surface area contributed by atoms with Crippen molar-refractivity contribution in [2.24, 2.45) is 0 Å². The molecule has 1 aromatic carbocycles. The third-order valence-electron chi connectivity index (χ3n) is 4.60. The molecule has 0 aliphatic rings. The summed E-state index contributed by atoms with van der Waals surface area (Å²) in [4.78, 5) is 0. The van der Waals surface area contributed by atoms with Gasteiger partial charge in [0.1, 0.15) is 0 Å². The number of hydrogen-bond acceptors (Lipinski definition) is 4. The fraction of sp³-hybridized carbons (Fsp3) is 0.750. The standard InChI is InChI=1S/C24H42O4/c1-7-9-25-11-13-27-17-21-15-24(20(5)6)22(16-23(21)19(3)4)18-28-14-12-26-10-8-2/h15-16,19-20H,7-14,17-18H2,1-6H3. The van der Waals surface area contributed by atoms with Crippen molar-refractivity contribution in [3.63, 3.8) is 0 Å². The van der Waals surface area contributed by atoms with E-state index in [0.29, 0.717) is 51.5 Å². The molecule has 0 saturated heterocycles. The Balaban J connectivity index is 2.74. The average Bonchev–Trinajstić information content (AvgIpc) is 2.67. The predicted octanol–water partition coefficient (Wildman–Crippen LogP) is 5.82. The van der Waals surface area contributed by atoms with Crippen LogP contribution in [0.25, 0.3) is 0 Å². The van der Waals surface area contributed by atoms with Gasteiger partial charge in [0.05, 0.1) is 39.6 Å². The van der Waals surface area contributed by atoms with Crippen LogP contribution >= 0.6 is 0 Å². The Hall–Kier alpha value is -0.940. The van der Waals surface area contributed by atoms with Gasteiger partial charge in [-0.2, -0.15) is 0 Å². The number of benzene rings is 1. The Morgan fingerprint density at radius 3 is 1.25 bits per heavy atom. The molecular formula is C24H42O4. The molecule has 0 heterocycles. The SMILES string of the molecule is CCCOCCOCc1cc(C(C)C)c(COCCOCCC)cc1C(C)C. The van der Waals surface area contributed by atoms with Crippen molar-refractivity contribution in [3.8, 4) is 0 Å². The van der Waals surface area contributed by atoms with E-state index in [2.05, 4.69) is 53.7 Å². The molecule has 28 heavy (non-hydrogen) atoms. The first-order valence-corrected chi connectivity index (χ1v) is 11.0. The van der Waals surface area contributed by atoms with Gasteiger partial charge in [-0.3, -0.25) is 0 Å². The van der Waals surface area contributed by atoms with E-state index in [1.165, 1.54) is 22.3 Å². The van der Waals surface area contributed by atoms with Crippen molar-refractivity contribution >= 4 is 0 Å². The lowest BCUT2D eigenvalue weighted by atomic mass is 9.88. The van der Waals surface area contributed by atoms with Crippen LogP contribution in [0.4, 0.5) is 0 Å². The number of ether oxygens (including phenoxy) is 4. The van der Waals surface area contributed by atoms with Gasteiger partial charge in [0.2, 0.25) is 0 Å². The van der Waals surface area contributed by atoms with E-state index in [4.69, 9.17) is 18.9 Å². The molecule has 4 heteroatoms. The topological polar surface area (TPSA) is 36.9 Å². The Labute approximate surface area is 172 Å². The second-order valence-electron chi connectivity index (χ2n) is 7.89. The Morgan fingerprint density at radius 2 is 0.929 bits per heavy atom. The third kappa shape index (κ3) is 9.51. The molecule has 162 valence electrons. The summed E-state index contributed by atoms with van der Waals surface area (Å²) in [7, 11) is 0. The lowest BCUT2D eigenvalue weighted by Gasteiger charge is -2.21. The van der Waals surface area contributed by atoms with E-state index in [1.807, 2.05) is 0 Å². The van der Waals surface area contributed by atoms with E-state index in [-0.39, 0.29) is 0 Å². The largest absolute Gasteiger partial charge is 0.379 e. The van der Waals surface area contributed by atoms with Gasteiger partial charge in [0.25, 0.3) is 0 Å². The van der Waals surface area contributed by atoms with Gasteiger partial charge in [-0.1, -0.05) is 53.7 Å². The molecule has 0 bridgehead atoms. The monoisotopic (exact) mass is 394 g/mol. The molecule has 0 radical (unpaired) electrons. The molecule has 0 atom stereocenters. The first-order chi connectivity index (χ1) is 13.5. The Morgan fingerprint density at radius 1 is 0.571 bits per heavy atom. The fourth-order valence-electron chi connectivity index (χ4n) is 3.15. The summed E-state index contributed by atoms with van der Waals surface area (Å²) in [6.45, 7) is 18.7. The average molecular weight is 395 g/mol. The molecule has 1 rings (SSSR count). The molecule has 0 aliphatic carbocycles. The fourth-order valence-corrected chi connectivity index (χ4v) is 3.15. The highest BCUT2D eigenvalue weighted by Gasteiger charge is 2.15. The van der Waals surface area contributed by atoms with Gasteiger partial charge in [0, 0.05) is 13.2 Å². The highest BCUT2D eigenvalue weighted by Crippen LogP contribution is 2.29. The number of rotatable bonds is 16. The lowest BCUT2D eigenvalue weighted by molar-refractivity contribution is 0.0395. The summed E-state index contributed by atoms with van der Waals surface area (Å²) in [5.41, 5.74) is 5.26. The van der Waals surface area contributed by atoms with E-state index >= 15 is 0 Å². The maximum Gasteiger partial charge on any atom is 0.0720 e. The molecule has 0 amide bonds. The molecule has 0 unspecified atom stereocenters. The second kappa shape index (κ2) is 15.0. The van der Waals surface area contributed by atoms with E-state index in [0.717, 1.165) is 26.1 Å². The first kappa shape index (κ1) is 25.1. The van der Waals surface area contributed by atoms with E-state index in [1.54, 1.807) is 0 Å². The van der Waals surface area contributed by atoms with Gasteiger partial charge in [0.15, 0.2) is 0 Å². The molecule has 0 spiro atoms. The van der Waals surface area contributed by atoms with Crippen molar-refractivity contribution in [2.75, 3.05) is 39.6 Å². The van der Waals surface area contributed by atoms with E-state index in [9.17, 15) is 0 Å². The summed E-state index contributed by atoms with van der Waals surface area (Å²) in [5, 5.41) is 0. The van der Waals surface area contributed by atoms with Gasteiger partial charge < -0.3 is 18.9 Å². The van der Waals surface area contributed by atoms with Crippen molar-refractivity contribution in [1.29, 1.82) is 0 Å². The van der Waals surface area contributed by atoms with Crippen LogP contribution in [0.5, 0.6) is 0 Å². The molecule has 1 aromatic rings. The molecule has 0 fully saturated rings. The smallest absolute Gasteiger partial charge is 0.0720 e. The summed E-state index contributed by atoms with van der Waals surface area (Å²) in [6.07, 6.45) is 2.09. The highest BCUT2D eigenvalue weighted by atomic mass is 16.5. The maximum absolute atomic E-state index is 5.89. The molecule has 0 saturated carbocycles. The van der Waals surface area contributed by atoms with Crippen LogP contribution in [0.1, 0.15) is 88.5 Å². The van der Waals surface area contributed by atoms with Crippen molar-refractivity contribution in [1.82, 2.24) is 0 Å². The van der Waals surface area contributed by atoms with Gasteiger partial charge in [-0.25, -0.2) is 0 Å². The first-order valence-electron chi connectivity index (χ1n) is 11.0. The molecule has 4 nitrogen and oxygen atoms in total. The van der Waals surface area contributed by atoms with Crippen molar-refractivity contribution in [2.45, 2.75) is 79.4 Å². The Kier molecular flexibility index (Phi) is 13.4. The van der Waals surface area contributed by atoms with Crippen molar-refractivity contribution < 1.29 is 18.9 Å². The maximum atomic E-state index is 5.89. The summed E-state index contributed by atoms with van der Waals surface area (Å²) in [6, 6.07) is 4.64. The quantitative estimate of drug-likeness (QED) is 0.331. The van der Waals surface area contributed by atoms with Gasteiger partial charge in [-0.15, -0.1) is 0 Å². The second-order valence-corrected chi connectivity index (χ2v) is 7.89. The van der Waals surface area contributed by atoms with Crippen molar-refractivity contribution in [3.05, 3.63) is 34.4 Å². The molecule has 0 aliphatic heterocycles. The molecular weight excluding hydrogens is 352 g/mol. The van der Waals surface area contributed by atoms with E-state index < -0.39 is 0 Å². The van der Waals surface area contributed by atoms with Gasteiger partial charge >= 0.3 is 0 Å².